The van der Waals surface area contributed by atoms with Crippen LogP contribution in [0.4, 0.5) is 22.4 Å². The van der Waals surface area contributed by atoms with Gasteiger partial charge >= 0.3 is 12.5 Å². The number of nitrogens with one attached hydrogen (secondary N) is 2. The third-order valence-corrected chi connectivity index (χ3v) is 6.66. The summed E-state index contributed by atoms with van der Waals surface area (Å²) >= 11 is 0. The van der Waals surface area contributed by atoms with Crippen molar-refractivity contribution in [1.29, 1.82) is 0 Å². The van der Waals surface area contributed by atoms with Crippen molar-refractivity contribution >= 4 is 12.0 Å². The molecule has 15 heteroatoms. The summed E-state index contributed by atoms with van der Waals surface area (Å²) in [5.41, 5.74) is 4.96. The summed E-state index contributed by atoms with van der Waals surface area (Å²) in [5.74, 6) is -3.89. The van der Waals surface area contributed by atoms with E-state index in [0.717, 1.165) is 17.8 Å². The molecule has 3 N–H and O–H groups in total. The topological polar surface area (TPSA) is 127 Å². The molecule has 0 aliphatic carbocycles. The maximum Gasteiger partial charge on any atom is 0.573 e. The molecule has 1 unspecified atom stereocenters. The Morgan fingerprint density at radius 1 is 1.08 bits per heavy atom. The summed E-state index contributed by atoms with van der Waals surface area (Å²) in [5, 5.41) is 21.3. The molecule has 3 aliphatic heterocycles. The van der Waals surface area contributed by atoms with Gasteiger partial charge in [-0.3, -0.25) is 9.89 Å². The van der Waals surface area contributed by atoms with Crippen LogP contribution in [0.5, 0.6) is 5.75 Å². The molecule has 0 bridgehead atoms. The van der Waals surface area contributed by atoms with Crippen molar-refractivity contribution in [2.75, 3.05) is 26.2 Å². The molecule has 1 saturated heterocycles. The van der Waals surface area contributed by atoms with E-state index in [-0.39, 0.29) is 51.1 Å². The van der Waals surface area contributed by atoms with Gasteiger partial charge in [0.25, 0.3) is 11.7 Å². The predicted octanol–water partition coefficient (Wildman–Crippen LogP) is 1.95. The number of aromatic amines is 1. The number of hydrazine groups is 1. The molecule has 37 heavy (non-hydrogen) atoms. The van der Waals surface area contributed by atoms with Gasteiger partial charge in [-0.25, -0.2) is 9.18 Å². The zero-order valence-electron chi connectivity index (χ0n) is 19.4. The van der Waals surface area contributed by atoms with E-state index >= 15 is 4.39 Å². The molecule has 11 nitrogen and oxygen atoms in total. The maximum absolute atomic E-state index is 16.8. The molecule has 1 atom stereocenters. The number of carbonyl (C=O) groups is 2. The van der Waals surface area contributed by atoms with Crippen molar-refractivity contribution in [3.63, 3.8) is 0 Å². The number of rotatable bonds is 4. The maximum atomic E-state index is 16.8. The summed E-state index contributed by atoms with van der Waals surface area (Å²) in [4.78, 5) is 27.6. The molecule has 5 rings (SSSR count). The quantitative estimate of drug-likeness (QED) is 0.409. The Balaban J connectivity index is 1.45. The molecule has 3 aliphatic rings. The van der Waals surface area contributed by atoms with Crippen molar-refractivity contribution in [2.45, 2.75) is 38.0 Å². The van der Waals surface area contributed by atoms with E-state index in [1.54, 1.807) is 0 Å². The van der Waals surface area contributed by atoms with Crippen molar-refractivity contribution in [3.05, 3.63) is 52.5 Å². The highest BCUT2D eigenvalue weighted by Crippen LogP contribution is 2.38. The summed E-state index contributed by atoms with van der Waals surface area (Å²) in [6.45, 7) is 0.606. The highest BCUT2D eigenvalue weighted by molar-refractivity contribution is 5.89. The van der Waals surface area contributed by atoms with E-state index in [0.29, 0.717) is 23.4 Å². The highest BCUT2D eigenvalue weighted by atomic mass is 19.4. The molecule has 2 amide bonds. The number of amides is 2. The lowest BCUT2D eigenvalue weighted by Gasteiger charge is -2.33. The summed E-state index contributed by atoms with van der Waals surface area (Å²) in [6.07, 6.45) is -5.48. The van der Waals surface area contributed by atoms with E-state index in [4.69, 9.17) is 0 Å². The van der Waals surface area contributed by atoms with E-state index in [1.807, 2.05) is 0 Å². The van der Waals surface area contributed by atoms with Gasteiger partial charge in [0, 0.05) is 50.2 Å². The number of alkyl halides is 4. The predicted molar refractivity (Wildman–Crippen MR) is 117 cm³/mol. The van der Waals surface area contributed by atoms with E-state index in [1.165, 1.54) is 26.9 Å². The van der Waals surface area contributed by atoms with Crippen LogP contribution in [-0.4, -0.2) is 85.7 Å². The first-order valence-electron chi connectivity index (χ1n) is 11.5. The average molecular weight is 525 g/mol. The second-order valence-corrected chi connectivity index (χ2v) is 8.95. The number of nitrogens with zero attached hydrogens (tertiary/aromatic N) is 5. The number of halogens is 4. The van der Waals surface area contributed by atoms with E-state index in [9.17, 15) is 27.9 Å². The number of benzene rings is 1. The van der Waals surface area contributed by atoms with Crippen LogP contribution in [0.15, 0.2) is 35.5 Å². The van der Waals surface area contributed by atoms with Crippen LogP contribution in [0.1, 0.15) is 23.4 Å². The number of ether oxygens (including phenoxy) is 1. The van der Waals surface area contributed by atoms with Gasteiger partial charge in [-0.15, -0.1) is 18.3 Å². The van der Waals surface area contributed by atoms with Gasteiger partial charge in [0.2, 0.25) is 0 Å². The fraction of sp³-hybridized carbons (Fsp3) is 0.455. The minimum absolute atomic E-state index is 0.0664. The van der Waals surface area contributed by atoms with Gasteiger partial charge in [0.1, 0.15) is 11.4 Å². The first-order chi connectivity index (χ1) is 17.5. The molecule has 1 aromatic carbocycles. The van der Waals surface area contributed by atoms with Gasteiger partial charge < -0.3 is 24.7 Å². The van der Waals surface area contributed by atoms with Crippen LogP contribution in [0, 0.1) is 0 Å². The first-order valence-corrected chi connectivity index (χ1v) is 11.5. The van der Waals surface area contributed by atoms with Crippen LogP contribution in [0.2, 0.25) is 0 Å². The minimum atomic E-state index is -4.85. The molecule has 0 spiro atoms. The normalized spacial score (nSPS) is 22.0. The average Bonchev–Trinajstić information content (AvgIpc) is 3.34. The number of fused-ring (bicyclic) bond motifs is 2. The Bertz CT molecular complexity index is 1230. The molecule has 1 fully saturated rings. The van der Waals surface area contributed by atoms with Gasteiger partial charge in [0.05, 0.1) is 18.8 Å². The monoisotopic (exact) mass is 525 g/mol. The van der Waals surface area contributed by atoms with Crippen LogP contribution >= 0.6 is 0 Å². The van der Waals surface area contributed by atoms with E-state index < -0.39 is 29.9 Å². The standard InChI is InChI=1S/C22H23F4N7O4/c23-21(19(34)32-7-5-16-17(12-32)28-30-27-16)15(11-13-1-3-14(4-2-13)37-22(24,25)26)18-6-8-31(20(35)36)9-10-33(18)29-21/h1-4,29H,5-12H2,(H,35,36)(H,27,28,30). The summed E-state index contributed by atoms with van der Waals surface area (Å²) in [6, 6.07) is 4.97. The molecular weight excluding hydrogens is 502 g/mol. The fourth-order valence-electron chi connectivity index (χ4n) is 4.83. The number of hydrogen-bond acceptors (Lipinski definition) is 7. The van der Waals surface area contributed by atoms with Gasteiger partial charge in [0.15, 0.2) is 0 Å². The van der Waals surface area contributed by atoms with Crippen LogP contribution in [0.3, 0.4) is 0 Å². The second kappa shape index (κ2) is 9.21. The van der Waals surface area contributed by atoms with Crippen molar-refractivity contribution in [3.8, 4) is 5.75 Å². The summed E-state index contributed by atoms with van der Waals surface area (Å²) < 4.78 is 58.3. The fourth-order valence-corrected chi connectivity index (χ4v) is 4.83. The van der Waals surface area contributed by atoms with Crippen LogP contribution in [-0.2, 0) is 24.2 Å². The summed E-state index contributed by atoms with van der Waals surface area (Å²) in [7, 11) is 0. The molecule has 4 heterocycles. The molecule has 0 saturated carbocycles. The minimum Gasteiger partial charge on any atom is -0.465 e. The van der Waals surface area contributed by atoms with Gasteiger partial charge in [-0.05, 0) is 17.7 Å². The Labute approximate surface area is 207 Å². The third-order valence-electron chi connectivity index (χ3n) is 6.66. The second-order valence-electron chi connectivity index (χ2n) is 8.95. The Morgan fingerprint density at radius 2 is 1.81 bits per heavy atom. The van der Waals surface area contributed by atoms with Crippen molar-refractivity contribution < 1.29 is 37.0 Å². The van der Waals surface area contributed by atoms with Gasteiger partial charge in [-0.1, -0.05) is 17.3 Å². The lowest BCUT2D eigenvalue weighted by atomic mass is 9.93. The molecule has 198 valence electrons. The zero-order chi connectivity index (χ0) is 26.4. The first kappa shape index (κ1) is 24.8. The number of hydrogen-bond donors (Lipinski definition) is 3. The number of carbonyl (C=O) groups excluding carboxylic acids is 1. The number of H-pyrrole nitrogens is 1. The van der Waals surface area contributed by atoms with E-state index in [2.05, 4.69) is 25.6 Å². The lowest BCUT2D eigenvalue weighted by Crippen LogP contribution is -2.58. The Hall–Kier alpha value is -3.88. The largest absolute Gasteiger partial charge is 0.573 e. The number of carboxylic acid groups (broad SMARTS) is 1. The Morgan fingerprint density at radius 3 is 2.51 bits per heavy atom. The lowest BCUT2D eigenvalue weighted by molar-refractivity contribution is -0.274. The SMILES string of the molecule is O=C(O)N1CCC2=C(Cc3ccc(OC(F)(F)F)cc3)C(F)(C(=O)N3CCc4[nH]nnc4C3)NN2CC1. The zero-order valence-corrected chi connectivity index (χ0v) is 19.4. The molecular formula is C22H23F4N7O4. The van der Waals surface area contributed by atoms with Crippen LogP contribution < -0.4 is 10.2 Å². The Kier molecular flexibility index (Phi) is 6.17. The van der Waals surface area contributed by atoms with Crippen molar-refractivity contribution in [2.24, 2.45) is 0 Å². The van der Waals surface area contributed by atoms with Gasteiger partial charge in [-0.2, -0.15) is 5.43 Å². The molecule has 2 aromatic rings. The smallest absolute Gasteiger partial charge is 0.465 e. The third kappa shape index (κ3) is 4.90. The molecule has 1 aromatic heterocycles. The molecule has 0 radical (unpaired) electrons. The van der Waals surface area contributed by atoms with Crippen LogP contribution in [0.25, 0.3) is 0 Å². The van der Waals surface area contributed by atoms with Crippen molar-refractivity contribution in [1.82, 2.24) is 35.6 Å². The number of aromatic nitrogens is 3. The highest BCUT2D eigenvalue weighted by Gasteiger charge is 2.53.